The van der Waals surface area contributed by atoms with Gasteiger partial charge in [0.05, 0.1) is 11.4 Å². The highest BCUT2D eigenvalue weighted by molar-refractivity contribution is 6.03. The van der Waals surface area contributed by atoms with Gasteiger partial charge in [0.2, 0.25) is 0 Å². The molecule has 1 fully saturated rings. The lowest BCUT2D eigenvalue weighted by Crippen LogP contribution is -2.27. The van der Waals surface area contributed by atoms with Gasteiger partial charge in [-0.2, -0.15) is 0 Å². The third-order valence-electron chi connectivity index (χ3n) is 5.42. The van der Waals surface area contributed by atoms with Crippen LogP contribution in [0.2, 0.25) is 0 Å². The highest BCUT2D eigenvalue weighted by Crippen LogP contribution is 2.52. The van der Waals surface area contributed by atoms with E-state index in [1.807, 2.05) is 0 Å². The molecule has 1 aromatic carbocycles. The molecule has 4 unspecified atom stereocenters. The van der Waals surface area contributed by atoms with Crippen molar-refractivity contribution in [2.24, 2.45) is 10.9 Å². The molecule has 0 spiro atoms. The van der Waals surface area contributed by atoms with Crippen LogP contribution in [0.4, 0.5) is 0 Å². The first-order valence-corrected chi connectivity index (χ1v) is 8.22. The maximum atomic E-state index is 5.96. The standard InChI is InChI=1S/C21H15NO/c1-2-6-14-12(5-1)9-10-13-11-17-15-7-3-4-8-16(15)20-21(23-20)19(17)22-18(13)14/h1-12,17,20-21H. The van der Waals surface area contributed by atoms with E-state index in [-0.39, 0.29) is 18.1 Å². The molecule has 6 rings (SSSR count). The third-order valence-corrected chi connectivity index (χ3v) is 5.42. The molecule has 2 nitrogen and oxygen atoms in total. The maximum Gasteiger partial charge on any atom is 0.128 e. The normalized spacial score (nSPS) is 34.6. The molecule has 0 saturated carbocycles. The van der Waals surface area contributed by atoms with Gasteiger partial charge < -0.3 is 4.74 Å². The Balaban J connectivity index is 1.57. The largest absolute Gasteiger partial charge is 0.358 e. The summed E-state index contributed by atoms with van der Waals surface area (Å²) < 4.78 is 5.96. The van der Waals surface area contributed by atoms with Gasteiger partial charge >= 0.3 is 0 Å². The molecular formula is C21H15NO. The molecular weight excluding hydrogens is 282 g/mol. The van der Waals surface area contributed by atoms with Gasteiger partial charge in [0.25, 0.3) is 0 Å². The predicted molar refractivity (Wildman–Crippen MR) is 90.3 cm³/mol. The Labute approximate surface area is 134 Å². The van der Waals surface area contributed by atoms with Crippen LogP contribution in [0.1, 0.15) is 23.1 Å². The number of epoxide rings is 1. The van der Waals surface area contributed by atoms with Gasteiger partial charge in [-0.25, -0.2) is 0 Å². The Morgan fingerprint density at radius 2 is 1.83 bits per heavy atom. The zero-order valence-corrected chi connectivity index (χ0v) is 12.5. The van der Waals surface area contributed by atoms with Crippen molar-refractivity contribution in [3.05, 3.63) is 94.8 Å². The molecule has 3 aliphatic carbocycles. The van der Waals surface area contributed by atoms with Crippen molar-refractivity contribution in [3.8, 4) is 0 Å². The van der Waals surface area contributed by atoms with Crippen LogP contribution in [0.15, 0.2) is 88.6 Å². The number of fused-ring (bicyclic) bond motifs is 8. The highest BCUT2D eigenvalue weighted by Gasteiger charge is 2.52. The fraction of sp³-hybridized carbons (Fsp3) is 0.190. The number of allylic oxidation sites excluding steroid dienone is 8. The van der Waals surface area contributed by atoms with Crippen molar-refractivity contribution in [2.45, 2.75) is 18.1 Å². The summed E-state index contributed by atoms with van der Waals surface area (Å²) in [7, 11) is 0. The minimum Gasteiger partial charge on any atom is -0.358 e. The summed E-state index contributed by atoms with van der Waals surface area (Å²) in [6.07, 6.45) is 15.9. The summed E-state index contributed by atoms with van der Waals surface area (Å²) in [4.78, 5) is 5.10. The summed E-state index contributed by atoms with van der Waals surface area (Å²) in [6.45, 7) is 0. The van der Waals surface area contributed by atoms with Crippen LogP contribution in [-0.4, -0.2) is 11.8 Å². The van der Waals surface area contributed by atoms with Crippen molar-refractivity contribution in [3.63, 3.8) is 0 Å². The molecule has 4 atom stereocenters. The van der Waals surface area contributed by atoms with Crippen LogP contribution in [0.5, 0.6) is 0 Å². The van der Waals surface area contributed by atoms with Gasteiger partial charge in [0.1, 0.15) is 12.2 Å². The minimum atomic E-state index is 0.174. The molecule has 1 aromatic rings. The van der Waals surface area contributed by atoms with Crippen molar-refractivity contribution in [1.82, 2.24) is 0 Å². The first-order chi connectivity index (χ1) is 11.4. The predicted octanol–water partition coefficient (Wildman–Crippen LogP) is 4.17. The van der Waals surface area contributed by atoms with E-state index in [9.17, 15) is 0 Å². The SMILES string of the molecule is C1=CC2=C3N=C4C(C=C3C=CC2C=C1)c1ccccc1C1OC41. The van der Waals surface area contributed by atoms with Crippen LogP contribution in [-0.2, 0) is 4.74 Å². The molecule has 1 saturated heterocycles. The van der Waals surface area contributed by atoms with Gasteiger partial charge in [-0.15, -0.1) is 0 Å². The van der Waals surface area contributed by atoms with Crippen molar-refractivity contribution in [1.29, 1.82) is 0 Å². The molecule has 23 heavy (non-hydrogen) atoms. The number of hydrogen-bond acceptors (Lipinski definition) is 2. The topological polar surface area (TPSA) is 24.9 Å². The molecule has 5 aliphatic rings. The van der Waals surface area contributed by atoms with Crippen LogP contribution < -0.4 is 0 Å². The molecule has 0 N–H and O–H groups in total. The van der Waals surface area contributed by atoms with Gasteiger partial charge in [-0.1, -0.05) is 66.8 Å². The average molecular weight is 297 g/mol. The summed E-state index contributed by atoms with van der Waals surface area (Å²) >= 11 is 0. The summed E-state index contributed by atoms with van der Waals surface area (Å²) in [5.74, 6) is 0.624. The molecule has 110 valence electrons. The van der Waals surface area contributed by atoms with E-state index < -0.39 is 0 Å². The van der Waals surface area contributed by atoms with E-state index in [4.69, 9.17) is 9.73 Å². The summed E-state index contributed by atoms with van der Waals surface area (Å²) in [5, 5.41) is 0. The molecule has 0 aromatic heterocycles. The number of rotatable bonds is 0. The van der Waals surface area contributed by atoms with Crippen molar-refractivity contribution in [2.75, 3.05) is 0 Å². The number of aliphatic imine (C=N–C) groups is 1. The second-order valence-corrected chi connectivity index (χ2v) is 6.68. The Hall–Kier alpha value is -2.45. The third kappa shape index (κ3) is 1.54. The van der Waals surface area contributed by atoms with Crippen LogP contribution in [0, 0.1) is 5.92 Å². The number of nitrogens with zero attached hydrogens (tertiary/aromatic N) is 1. The summed E-state index contributed by atoms with van der Waals surface area (Å²) in [5.41, 5.74) is 7.58. The monoisotopic (exact) mass is 297 g/mol. The Morgan fingerprint density at radius 1 is 0.913 bits per heavy atom. The minimum absolute atomic E-state index is 0.174. The number of hydrogen-bond donors (Lipinski definition) is 0. The van der Waals surface area contributed by atoms with Crippen molar-refractivity contribution < 1.29 is 4.74 Å². The summed E-state index contributed by atoms with van der Waals surface area (Å²) in [6, 6.07) is 8.65. The fourth-order valence-corrected chi connectivity index (χ4v) is 4.26. The molecule has 2 heterocycles. The molecule has 0 amide bonds. The maximum absolute atomic E-state index is 5.96. The van der Waals surface area contributed by atoms with E-state index in [0.29, 0.717) is 5.92 Å². The molecule has 2 heteroatoms. The zero-order chi connectivity index (χ0) is 15.0. The fourth-order valence-electron chi connectivity index (χ4n) is 4.26. The van der Waals surface area contributed by atoms with Gasteiger partial charge in [-0.3, -0.25) is 4.99 Å². The van der Waals surface area contributed by atoms with Gasteiger partial charge in [0, 0.05) is 11.8 Å². The van der Waals surface area contributed by atoms with E-state index in [1.54, 1.807) is 0 Å². The lowest BCUT2D eigenvalue weighted by molar-refractivity contribution is 0.401. The Kier molecular flexibility index (Phi) is 2.14. The quantitative estimate of drug-likeness (QED) is 0.660. The van der Waals surface area contributed by atoms with Gasteiger partial charge in [0.15, 0.2) is 0 Å². The number of benzene rings is 1. The second kappa shape index (κ2) is 4.09. The van der Waals surface area contributed by atoms with E-state index in [2.05, 4.69) is 66.8 Å². The lowest BCUT2D eigenvalue weighted by atomic mass is 9.76. The molecule has 0 bridgehead atoms. The van der Waals surface area contributed by atoms with Crippen LogP contribution >= 0.6 is 0 Å². The molecule has 0 radical (unpaired) electrons. The first kappa shape index (κ1) is 12.0. The van der Waals surface area contributed by atoms with Gasteiger partial charge in [-0.05, 0) is 22.3 Å². The van der Waals surface area contributed by atoms with Crippen molar-refractivity contribution >= 4 is 5.71 Å². The Morgan fingerprint density at radius 3 is 2.78 bits per heavy atom. The van der Waals surface area contributed by atoms with Crippen LogP contribution in [0.3, 0.4) is 0 Å². The number of ether oxygens (including phenoxy) is 1. The number of dihydropyridines is 1. The Bertz CT molecular complexity index is 925. The first-order valence-electron chi connectivity index (χ1n) is 8.22. The second-order valence-electron chi connectivity index (χ2n) is 6.68. The van der Waals surface area contributed by atoms with E-state index in [1.165, 1.54) is 28.0 Å². The molecule has 2 aliphatic heterocycles. The lowest BCUT2D eigenvalue weighted by Gasteiger charge is -2.30. The smallest absolute Gasteiger partial charge is 0.128 e. The average Bonchev–Trinajstić information content (AvgIpc) is 3.42. The zero-order valence-electron chi connectivity index (χ0n) is 12.5. The van der Waals surface area contributed by atoms with E-state index >= 15 is 0 Å². The van der Waals surface area contributed by atoms with E-state index in [0.717, 1.165) is 5.70 Å². The van der Waals surface area contributed by atoms with Crippen LogP contribution in [0.25, 0.3) is 0 Å². The highest BCUT2D eigenvalue weighted by atomic mass is 16.6.